The normalized spacial score (nSPS) is 12.6. The number of hydrogen-bond donors (Lipinski definition) is 4. The predicted molar refractivity (Wildman–Crippen MR) is 127 cm³/mol. The van der Waals surface area contributed by atoms with Crippen molar-refractivity contribution < 1.29 is 27.5 Å². The van der Waals surface area contributed by atoms with Gasteiger partial charge >= 0.3 is 6.36 Å². The maximum Gasteiger partial charge on any atom is 0.573 e. The van der Waals surface area contributed by atoms with Gasteiger partial charge in [-0.15, -0.1) is 13.2 Å². The second kappa shape index (κ2) is 10.3. The Morgan fingerprint density at radius 1 is 1.20 bits per heavy atom. The van der Waals surface area contributed by atoms with Crippen LogP contribution in [-0.2, 0) is 16.0 Å². The van der Waals surface area contributed by atoms with E-state index in [-0.39, 0.29) is 35.7 Å². The summed E-state index contributed by atoms with van der Waals surface area (Å²) >= 11 is 1.04. The van der Waals surface area contributed by atoms with Crippen molar-refractivity contribution in [1.82, 2.24) is 15.3 Å². The largest absolute Gasteiger partial charge is 0.573 e. The number of nitrogens with two attached hydrogens (primary N) is 1. The number of hydrogen-bond acceptors (Lipinski definition) is 6. The Morgan fingerprint density at radius 2 is 2.00 bits per heavy atom. The minimum atomic E-state index is -4.79. The Kier molecular flexibility index (Phi) is 7.22. The summed E-state index contributed by atoms with van der Waals surface area (Å²) < 4.78 is 41.5. The van der Waals surface area contributed by atoms with Crippen molar-refractivity contribution in [2.24, 2.45) is 5.73 Å². The van der Waals surface area contributed by atoms with E-state index >= 15 is 0 Å². The number of carbonyl (C=O) groups excluding carboxylic acids is 2. The molecule has 2 aromatic heterocycles. The van der Waals surface area contributed by atoms with Crippen LogP contribution in [0.2, 0.25) is 0 Å². The second-order valence-electron chi connectivity index (χ2n) is 7.81. The first-order valence-electron chi connectivity index (χ1n) is 10.7. The number of thiazole rings is 1. The summed E-state index contributed by atoms with van der Waals surface area (Å²) in [6, 6.07) is 10.8. The highest BCUT2D eigenvalue weighted by Crippen LogP contribution is 2.31. The molecule has 2 amide bonds. The molecule has 1 unspecified atom stereocenters. The van der Waals surface area contributed by atoms with Gasteiger partial charge in [-0.25, -0.2) is 4.98 Å². The van der Waals surface area contributed by atoms with Gasteiger partial charge in [-0.05, 0) is 36.6 Å². The number of para-hydroxylation sites is 1. The first kappa shape index (κ1) is 24.5. The van der Waals surface area contributed by atoms with Gasteiger partial charge in [0, 0.05) is 36.1 Å². The van der Waals surface area contributed by atoms with Crippen molar-refractivity contribution in [2.75, 3.05) is 11.9 Å². The number of carbonyl (C=O) groups is 2. The van der Waals surface area contributed by atoms with Crippen LogP contribution in [0.3, 0.4) is 0 Å². The highest BCUT2D eigenvalue weighted by atomic mass is 32.1. The number of benzene rings is 2. The highest BCUT2D eigenvalue weighted by Gasteiger charge is 2.31. The summed E-state index contributed by atoms with van der Waals surface area (Å²) in [7, 11) is 0. The molecule has 0 saturated heterocycles. The summed E-state index contributed by atoms with van der Waals surface area (Å²) in [5.74, 6) is -0.989. The number of aromatic nitrogens is 2. The molecule has 0 saturated carbocycles. The SMILES string of the molecule is NC(Cc1c[nH]c2ccccc12)C(=O)NCCCC(=O)Nc1nc2ccc(OC(F)(F)F)cc2s1. The molecule has 35 heavy (non-hydrogen) atoms. The van der Waals surface area contributed by atoms with Gasteiger partial charge in [0.15, 0.2) is 5.13 Å². The van der Waals surface area contributed by atoms with Crippen molar-refractivity contribution in [3.05, 3.63) is 54.2 Å². The zero-order valence-electron chi connectivity index (χ0n) is 18.3. The summed E-state index contributed by atoms with van der Waals surface area (Å²) in [5, 5.41) is 6.64. The van der Waals surface area contributed by atoms with Crippen molar-refractivity contribution in [1.29, 1.82) is 0 Å². The number of fused-ring (bicyclic) bond motifs is 2. The molecule has 0 aliphatic rings. The van der Waals surface area contributed by atoms with Gasteiger partial charge in [0.2, 0.25) is 11.8 Å². The fourth-order valence-electron chi connectivity index (χ4n) is 3.56. The van der Waals surface area contributed by atoms with E-state index < -0.39 is 12.4 Å². The van der Waals surface area contributed by atoms with E-state index in [1.165, 1.54) is 12.1 Å². The van der Waals surface area contributed by atoms with E-state index in [1.54, 1.807) is 0 Å². The van der Waals surface area contributed by atoms with E-state index in [9.17, 15) is 22.8 Å². The Labute approximate surface area is 201 Å². The summed E-state index contributed by atoms with van der Waals surface area (Å²) in [6.07, 6.45) is -2.06. The van der Waals surface area contributed by atoms with Crippen LogP contribution in [0.25, 0.3) is 21.1 Å². The molecule has 5 N–H and O–H groups in total. The monoisotopic (exact) mass is 505 g/mol. The molecule has 4 rings (SSSR count). The molecule has 0 aliphatic carbocycles. The molecule has 12 heteroatoms. The Morgan fingerprint density at radius 3 is 2.80 bits per heavy atom. The maximum atomic E-state index is 12.4. The maximum absolute atomic E-state index is 12.4. The fraction of sp³-hybridized carbons (Fsp3) is 0.261. The zero-order chi connectivity index (χ0) is 25.0. The lowest BCUT2D eigenvalue weighted by Crippen LogP contribution is -2.42. The molecule has 1 atom stereocenters. The number of halogens is 3. The van der Waals surface area contributed by atoms with Crippen LogP contribution in [0.1, 0.15) is 18.4 Å². The third-order valence-corrected chi connectivity index (χ3v) is 6.10. The van der Waals surface area contributed by atoms with E-state index in [0.717, 1.165) is 33.9 Å². The molecule has 184 valence electrons. The minimum absolute atomic E-state index is 0.121. The zero-order valence-corrected chi connectivity index (χ0v) is 19.1. The first-order valence-corrected chi connectivity index (χ1v) is 11.5. The molecule has 4 aromatic rings. The third kappa shape index (κ3) is 6.49. The lowest BCUT2D eigenvalue weighted by atomic mass is 10.1. The Balaban J connectivity index is 1.21. The Hall–Kier alpha value is -3.64. The van der Waals surface area contributed by atoms with Crippen LogP contribution >= 0.6 is 11.3 Å². The number of H-pyrrole nitrogens is 1. The molecule has 0 fully saturated rings. The van der Waals surface area contributed by atoms with Crippen LogP contribution in [0, 0.1) is 0 Å². The molecular weight excluding hydrogens is 483 g/mol. The first-order chi connectivity index (χ1) is 16.7. The standard InChI is InChI=1S/C23H22F3N5O3S/c24-23(25,26)34-14-7-8-18-19(11-14)35-22(30-18)31-20(32)6-3-9-28-21(33)16(27)10-13-12-29-17-5-2-1-4-15(13)17/h1-2,4-5,7-8,11-12,16,29H,3,6,9-10,27H2,(H,28,33)(H,30,31,32). The highest BCUT2D eigenvalue weighted by molar-refractivity contribution is 7.22. The molecule has 2 heterocycles. The quantitative estimate of drug-likeness (QED) is 0.255. The Bertz CT molecular complexity index is 1350. The molecule has 0 radical (unpaired) electrons. The van der Waals surface area contributed by atoms with Gasteiger partial charge in [0.1, 0.15) is 5.75 Å². The van der Waals surface area contributed by atoms with Gasteiger partial charge in [0.05, 0.1) is 16.3 Å². The molecule has 2 aromatic carbocycles. The number of nitrogens with zero attached hydrogens (tertiary/aromatic N) is 1. The van der Waals surface area contributed by atoms with E-state index in [4.69, 9.17) is 5.73 Å². The average molecular weight is 506 g/mol. The number of rotatable bonds is 9. The summed E-state index contributed by atoms with van der Waals surface area (Å²) in [6.45, 7) is 0.270. The molecular formula is C23H22F3N5O3S. The van der Waals surface area contributed by atoms with Gasteiger partial charge in [0.25, 0.3) is 0 Å². The van der Waals surface area contributed by atoms with Crippen molar-refractivity contribution in [3.8, 4) is 5.75 Å². The lowest BCUT2D eigenvalue weighted by Gasteiger charge is -2.12. The molecule has 0 bridgehead atoms. The molecule has 8 nitrogen and oxygen atoms in total. The van der Waals surface area contributed by atoms with E-state index in [0.29, 0.717) is 23.1 Å². The van der Waals surface area contributed by atoms with Crippen LogP contribution in [0.4, 0.5) is 18.3 Å². The topological polar surface area (TPSA) is 122 Å². The summed E-state index contributed by atoms with van der Waals surface area (Å²) in [4.78, 5) is 31.9. The number of nitrogens with one attached hydrogen (secondary N) is 3. The van der Waals surface area contributed by atoms with Crippen molar-refractivity contribution in [3.63, 3.8) is 0 Å². The number of anilines is 1. The van der Waals surface area contributed by atoms with Crippen LogP contribution < -0.4 is 21.1 Å². The molecule has 0 aliphatic heterocycles. The number of ether oxygens (including phenoxy) is 1. The van der Waals surface area contributed by atoms with Crippen molar-refractivity contribution in [2.45, 2.75) is 31.7 Å². The average Bonchev–Trinajstić information content (AvgIpc) is 3.38. The van der Waals surface area contributed by atoms with E-state index in [2.05, 4.69) is 25.3 Å². The van der Waals surface area contributed by atoms with Gasteiger partial charge in [-0.1, -0.05) is 29.5 Å². The third-order valence-electron chi connectivity index (χ3n) is 5.17. The number of alkyl halides is 3. The van der Waals surface area contributed by atoms with Crippen molar-refractivity contribution >= 4 is 49.4 Å². The van der Waals surface area contributed by atoms with E-state index in [1.807, 2.05) is 30.5 Å². The van der Waals surface area contributed by atoms with Gasteiger partial charge in [-0.3, -0.25) is 9.59 Å². The van der Waals surface area contributed by atoms with Crippen LogP contribution in [0.15, 0.2) is 48.7 Å². The predicted octanol–water partition coefficient (Wildman–Crippen LogP) is 4.08. The summed E-state index contributed by atoms with van der Waals surface area (Å²) in [5.41, 5.74) is 8.41. The lowest BCUT2D eigenvalue weighted by molar-refractivity contribution is -0.274. The molecule has 0 spiro atoms. The number of aromatic amines is 1. The van der Waals surface area contributed by atoms with Crippen LogP contribution in [-0.4, -0.2) is 40.7 Å². The number of amides is 2. The minimum Gasteiger partial charge on any atom is -0.406 e. The van der Waals surface area contributed by atoms with Gasteiger partial charge in [-0.2, -0.15) is 0 Å². The van der Waals surface area contributed by atoms with Gasteiger partial charge < -0.3 is 26.1 Å². The smallest absolute Gasteiger partial charge is 0.406 e. The van der Waals surface area contributed by atoms with Crippen LogP contribution in [0.5, 0.6) is 5.75 Å². The fourth-order valence-corrected chi connectivity index (χ4v) is 4.47. The second-order valence-corrected chi connectivity index (χ2v) is 8.84.